The lowest BCUT2D eigenvalue weighted by molar-refractivity contribution is -0.130. The third-order valence-electron chi connectivity index (χ3n) is 6.10. The van der Waals surface area contributed by atoms with Crippen LogP contribution in [0.1, 0.15) is 41.5 Å². The molecule has 0 unspecified atom stereocenters. The van der Waals surface area contributed by atoms with E-state index in [-0.39, 0.29) is 11.8 Å². The molecule has 5 rings (SSSR count). The second kappa shape index (κ2) is 8.35. The van der Waals surface area contributed by atoms with Crippen molar-refractivity contribution in [1.82, 2.24) is 39.6 Å². The molecule has 0 aromatic carbocycles. The molecule has 172 valence electrons. The molecule has 0 bridgehead atoms. The molecular formula is C23H28N8OS. The summed E-state index contributed by atoms with van der Waals surface area (Å²) in [5, 5.41) is 13.3. The summed E-state index contributed by atoms with van der Waals surface area (Å²) in [7, 11) is 3.60. The van der Waals surface area contributed by atoms with Crippen molar-refractivity contribution >= 4 is 22.9 Å². The molecule has 10 heteroatoms. The number of amides is 1. The highest BCUT2D eigenvalue weighted by atomic mass is 32.1. The van der Waals surface area contributed by atoms with Gasteiger partial charge in [0.2, 0.25) is 5.91 Å². The number of aromatic amines is 1. The topological polar surface area (TPSA) is 95.3 Å². The number of hydrogen-bond donors (Lipinski definition) is 1. The van der Waals surface area contributed by atoms with E-state index in [2.05, 4.69) is 40.0 Å². The van der Waals surface area contributed by atoms with E-state index in [0.717, 1.165) is 63.9 Å². The highest BCUT2D eigenvalue weighted by molar-refractivity contribution is 7.15. The normalized spacial score (nSPS) is 14.2. The van der Waals surface area contributed by atoms with Crippen molar-refractivity contribution < 1.29 is 4.79 Å². The Labute approximate surface area is 196 Å². The van der Waals surface area contributed by atoms with Crippen molar-refractivity contribution in [3.8, 4) is 22.0 Å². The summed E-state index contributed by atoms with van der Waals surface area (Å²) in [5.41, 5.74) is 7.10. The van der Waals surface area contributed by atoms with E-state index in [0.29, 0.717) is 6.54 Å². The van der Waals surface area contributed by atoms with Crippen molar-refractivity contribution in [2.75, 3.05) is 27.2 Å². The minimum Gasteiger partial charge on any atom is -0.348 e. The number of thiazole rings is 1. The molecule has 0 atom stereocenters. The van der Waals surface area contributed by atoms with Crippen LogP contribution >= 0.6 is 11.3 Å². The molecule has 0 saturated carbocycles. The first kappa shape index (κ1) is 21.7. The third-order valence-corrected chi connectivity index (χ3v) is 7.20. The number of nitrogens with zero attached hydrogens (tertiary/aromatic N) is 7. The van der Waals surface area contributed by atoms with E-state index in [9.17, 15) is 4.79 Å². The predicted octanol–water partition coefficient (Wildman–Crippen LogP) is 3.12. The molecule has 0 fully saturated rings. The average molecular weight is 465 g/mol. The number of fused-ring (bicyclic) bond motifs is 2. The average Bonchev–Trinajstić information content (AvgIpc) is 3.50. The van der Waals surface area contributed by atoms with E-state index in [1.807, 2.05) is 13.1 Å². The van der Waals surface area contributed by atoms with Crippen molar-refractivity contribution in [2.45, 2.75) is 39.7 Å². The van der Waals surface area contributed by atoms with Crippen LogP contribution < -0.4 is 0 Å². The molecule has 0 saturated heterocycles. The first-order valence-electron chi connectivity index (χ1n) is 11.1. The van der Waals surface area contributed by atoms with Gasteiger partial charge < -0.3 is 4.90 Å². The van der Waals surface area contributed by atoms with Crippen LogP contribution in [0.2, 0.25) is 0 Å². The zero-order valence-corrected chi connectivity index (χ0v) is 20.4. The lowest BCUT2D eigenvalue weighted by Gasteiger charge is -2.26. The quantitative estimate of drug-likeness (QED) is 0.488. The van der Waals surface area contributed by atoms with E-state index < -0.39 is 0 Å². The van der Waals surface area contributed by atoms with Crippen molar-refractivity contribution in [2.24, 2.45) is 0 Å². The summed E-state index contributed by atoms with van der Waals surface area (Å²) in [6.07, 6.45) is 4.40. The molecule has 4 aromatic rings. The Morgan fingerprint density at radius 2 is 2.15 bits per heavy atom. The fourth-order valence-electron chi connectivity index (χ4n) is 4.34. The monoisotopic (exact) mass is 464 g/mol. The summed E-state index contributed by atoms with van der Waals surface area (Å²) in [6, 6.07) is 2.11. The largest absolute Gasteiger partial charge is 0.348 e. The van der Waals surface area contributed by atoms with Gasteiger partial charge in [-0.3, -0.25) is 14.8 Å². The maximum absolute atomic E-state index is 12.1. The maximum Gasteiger partial charge on any atom is 0.236 e. The van der Waals surface area contributed by atoms with Crippen LogP contribution in [-0.2, 0) is 17.8 Å². The van der Waals surface area contributed by atoms with Crippen LogP contribution in [0.15, 0.2) is 18.6 Å². The molecular weight excluding hydrogens is 436 g/mol. The minimum absolute atomic E-state index is 0.128. The van der Waals surface area contributed by atoms with Gasteiger partial charge in [-0.15, -0.1) is 11.3 Å². The number of rotatable bonds is 5. The van der Waals surface area contributed by atoms with Gasteiger partial charge in [0, 0.05) is 55.8 Å². The Bertz CT molecular complexity index is 1330. The Morgan fingerprint density at radius 3 is 2.91 bits per heavy atom. The van der Waals surface area contributed by atoms with Crippen LogP contribution in [0.4, 0.5) is 0 Å². The van der Waals surface area contributed by atoms with Crippen LogP contribution in [0.5, 0.6) is 0 Å². The Hall–Kier alpha value is -3.11. The molecule has 0 spiro atoms. The molecule has 1 aliphatic rings. The van der Waals surface area contributed by atoms with Crippen LogP contribution in [-0.4, -0.2) is 72.7 Å². The number of aryl methyl sites for hydroxylation is 1. The summed E-state index contributed by atoms with van der Waals surface area (Å²) in [5.74, 6) is 0.388. The molecule has 0 radical (unpaired) electrons. The maximum atomic E-state index is 12.1. The number of carbonyl (C=O) groups is 1. The molecule has 1 amide bonds. The number of H-pyrrole nitrogens is 1. The molecule has 5 heterocycles. The predicted molar refractivity (Wildman–Crippen MR) is 128 cm³/mol. The fourth-order valence-corrected chi connectivity index (χ4v) is 5.50. The highest BCUT2D eigenvalue weighted by Gasteiger charge is 2.26. The summed E-state index contributed by atoms with van der Waals surface area (Å²) in [6.45, 7) is 8.44. The van der Waals surface area contributed by atoms with Crippen molar-refractivity contribution in [3.63, 3.8) is 0 Å². The number of carbonyl (C=O) groups excluding carboxylic acids is 1. The summed E-state index contributed by atoms with van der Waals surface area (Å²) < 4.78 is 1.80. The Kier molecular flexibility index (Phi) is 5.49. The SMILES string of the molecule is Cc1cc(-c2n[nH]c(-c3nc4c(s3)CN(CC(=O)N(C)C)CC4)c2C(C)C)cn2ncnc12. The Balaban J connectivity index is 1.49. The zero-order chi connectivity index (χ0) is 23.3. The van der Waals surface area contributed by atoms with Crippen LogP contribution in [0.3, 0.4) is 0 Å². The van der Waals surface area contributed by atoms with Crippen LogP contribution in [0, 0.1) is 6.92 Å². The smallest absolute Gasteiger partial charge is 0.236 e. The number of likely N-dealkylation sites (N-methyl/N-ethyl adjacent to an activating group) is 1. The number of nitrogens with one attached hydrogen (secondary N) is 1. The molecule has 1 aliphatic heterocycles. The van der Waals surface area contributed by atoms with E-state index >= 15 is 0 Å². The first-order valence-corrected chi connectivity index (χ1v) is 11.9. The van der Waals surface area contributed by atoms with Gasteiger partial charge in [-0.05, 0) is 24.5 Å². The van der Waals surface area contributed by atoms with Gasteiger partial charge in [0.15, 0.2) is 5.65 Å². The molecule has 9 nitrogen and oxygen atoms in total. The molecule has 4 aromatic heterocycles. The molecule has 33 heavy (non-hydrogen) atoms. The minimum atomic E-state index is 0.128. The van der Waals surface area contributed by atoms with Gasteiger partial charge in [0.1, 0.15) is 11.3 Å². The molecule has 0 aliphatic carbocycles. The number of hydrogen-bond acceptors (Lipinski definition) is 7. The summed E-state index contributed by atoms with van der Waals surface area (Å²) >= 11 is 1.70. The lowest BCUT2D eigenvalue weighted by Crippen LogP contribution is -2.39. The van der Waals surface area contributed by atoms with Gasteiger partial charge >= 0.3 is 0 Å². The number of pyridine rings is 1. The lowest BCUT2D eigenvalue weighted by atomic mass is 9.97. The first-order chi connectivity index (χ1) is 15.8. The van der Waals surface area contributed by atoms with Crippen LogP contribution in [0.25, 0.3) is 27.6 Å². The Morgan fingerprint density at radius 1 is 1.33 bits per heavy atom. The number of aromatic nitrogens is 6. The van der Waals surface area contributed by atoms with Gasteiger partial charge in [0.05, 0.1) is 23.6 Å². The van der Waals surface area contributed by atoms with Gasteiger partial charge in [0.25, 0.3) is 0 Å². The van der Waals surface area contributed by atoms with Gasteiger partial charge in [-0.1, -0.05) is 13.8 Å². The second-order valence-electron chi connectivity index (χ2n) is 9.09. The van der Waals surface area contributed by atoms with Gasteiger partial charge in [-0.25, -0.2) is 14.5 Å². The van der Waals surface area contributed by atoms with Gasteiger partial charge in [-0.2, -0.15) is 10.2 Å². The van der Waals surface area contributed by atoms with E-state index in [1.54, 1.807) is 41.2 Å². The zero-order valence-electron chi connectivity index (χ0n) is 19.6. The van der Waals surface area contributed by atoms with Crippen molar-refractivity contribution in [1.29, 1.82) is 0 Å². The highest BCUT2D eigenvalue weighted by Crippen LogP contribution is 2.39. The van der Waals surface area contributed by atoms with E-state index in [1.165, 1.54) is 4.88 Å². The second-order valence-corrected chi connectivity index (χ2v) is 10.2. The van der Waals surface area contributed by atoms with Crippen molar-refractivity contribution in [3.05, 3.63) is 40.3 Å². The summed E-state index contributed by atoms with van der Waals surface area (Å²) in [4.78, 5) is 26.5. The fraction of sp³-hybridized carbons (Fsp3) is 0.435. The third kappa shape index (κ3) is 3.93. The molecule has 1 N–H and O–H groups in total. The van der Waals surface area contributed by atoms with E-state index in [4.69, 9.17) is 10.1 Å². The standard InChI is InChI=1S/C23H28N8OS/c1-13(2)19-20(15-8-14(3)22-24-12-25-31(22)9-15)27-28-21(19)23-26-16-6-7-30(10-17(16)33-23)11-18(32)29(4)5/h8-9,12-13H,6-7,10-11H2,1-5H3,(H,27,28).